The van der Waals surface area contributed by atoms with Gasteiger partial charge >= 0.3 is 0 Å². The molecule has 1 aromatic carbocycles. The molecule has 0 bridgehead atoms. The highest BCUT2D eigenvalue weighted by Gasteiger charge is 1.99. The van der Waals surface area contributed by atoms with Crippen molar-refractivity contribution in [2.45, 2.75) is 19.9 Å². The van der Waals surface area contributed by atoms with Gasteiger partial charge in [-0.3, -0.25) is 0 Å². The molecule has 0 fully saturated rings. The van der Waals surface area contributed by atoms with E-state index in [0.29, 0.717) is 5.92 Å². The Morgan fingerprint density at radius 1 is 1.40 bits per heavy atom. The standard InChI is InChI=1S/C14H19N/c1-4-12(2)10-13(3)15-11-14-8-6-5-7-9-14/h4-9,12,15H,1,3,10-11H2,2H3. The molecular formula is C14H19N. The summed E-state index contributed by atoms with van der Waals surface area (Å²) in [6.07, 6.45) is 2.91. The fourth-order valence-electron chi connectivity index (χ4n) is 1.37. The van der Waals surface area contributed by atoms with Crippen LogP contribution in [0.4, 0.5) is 0 Å². The van der Waals surface area contributed by atoms with Gasteiger partial charge in [-0.15, -0.1) is 6.58 Å². The van der Waals surface area contributed by atoms with Gasteiger partial charge in [0.05, 0.1) is 0 Å². The minimum absolute atomic E-state index is 0.487. The highest BCUT2D eigenvalue weighted by Crippen LogP contribution is 2.08. The summed E-state index contributed by atoms with van der Waals surface area (Å²) in [7, 11) is 0. The molecule has 1 aromatic rings. The van der Waals surface area contributed by atoms with Gasteiger partial charge in [-0.25, -0.2) is 0 Å². The molecule has 0 heterocycles. The van der Waals surface area contributed by atoms with Crippen molar-refractivity contribution in [1.82, 2.24) is 5.32 Å². The zero-order chi connectivity index (χ0) is 11.1. The highest BCUT2D eigenvalue weighted by molar-refractivity contribution is 5.15. The zero-order valence-electron chi connectivity index (χ0n) is 9.37. The van der Waals surface area contributed by atoms with Gasteiger partial charge in [0, 0.05) is 12.2 Å². The first kappa shape index (κ1) is 11.6. The van der Waals surface area contributed by atoms with Crippen LogP contribution in [0, 0.1) is 5.92 Å². The lowest BCUT2D eigenvalue weighted by atomic mass is 10.1. The van der Waals surface area contributed by atoms with Crippen LogP contribution in [-0.2, 0) is 6.54 Å². The largest absolute Gasteiger partial charge is 0.385 e. The second-order valence-corrected chi connectivity index (χ2v) is 3.86. The van der Waals surface area contributed by atoms with E-state index in [1.54, 1.807) is 0 Å². The Morgan fingerprint density at radius 3 is 2.67 bits per heavy atom. The summed E-state index contributed by atoms with van der Waals surface area (Å²) in [5.74, 6) is 0.487. The number of allylic oxidation sites excluding steroid dienone is 2. The van der Waals surface area contributed by atoms with Gasteiger partial charge in [0.25, 0.3) is 0 Å². The third-order valence-electron chi connectivity index (χ3n) is 2.36. The average molecular weight is 201 g/mol. The van der Waals surface area contributed by atoms with Gasteiger partial charge in [0.1, 0.15) is 0 Å². The molecule has 1 N–H and O–H groups in total. The molecule has 1 nitrogen and oxygen atoms in total. The summed E-state index contributed by atoms with van der Waals surface area (Å²) in [4.78, 5) is 0. The second-order valence-electron chi connectivity index (χ2n) is 3.86. The normalized spacial score (nSPS) is 11.8. The Kier molecular flexibility index (Phi) is 4.69. The lowest BCUT2D eigenvalue weighted by molar-refractivity contribution is 0.655. The quantitative estimate of drug-likeness (QED) is 0.695. The van der Waals surface area contributed by atoms with Crippen molar-refractivity contribution in [1.29, 1.82) is 0 Å². The van der Waals surface area contributed by atoms with Crippen molar-refractivity contribution in [2.24, 2.45) is 5.92 Å². The molecule has 0 radical (unpaired) electrons. The number of hydrogen-bond donors (Lipinski definition) is 1. The predicted molar refractivity (Wildman–Crippen MR) is 66.4 cm³/mol. The number of nitrogens with one attached hydrogen (secondary N) is 1. The minimum atomic E-state index is 0.487. The lowest BCUT2D eigenvalue weighted by Gasteiger charge is -2.11. The average Bonchev–Trinajstić information content (AvgIpc) is 2.27. The van der Waals surface area contributed by atoms with Crippen molar-refractivity contribution < 1.29 is 0 Å². The maximum Gasteiger partial charge on any atom is 0.0397 e. The Hall–Kier alpha value is -1.50. The van der Waals surface area contributed by atoms with Crippen LogP contribution in [0.2, 0.25) is 0 Å². The van der Waals surface area contributed by atoms with Crippen molar-refractivity contribution >= 4 is 0 Å². The Bertz CT molecular complexity index is 313. The van der Waals surface area contributed by atoms with E-state index in [-0.39, 0.29) is 0 Å². The Morgan fingerprint density at radius 2 is 2.07 bits per heavy atom. The molecule has 0 aliphatic rings. The summed E-state index contributed by atoms with van der Waals surface area (Å²) >= 11 is 0. The maximum atomic E-state index is 4.00. The summed E-state index contributed by atoms with van der Waals surface area (Å²) in [5, 5.41) is 3.32. The van der Waals surface area contributed by atoms with Crippen LogP contribution < -0.4 is 5.32 Å². The van der Waals surface area contributed by atoms with E-state index in [4.69, 9.17) is 0 Å². The molecule has 0 spiro atoms. The molecule has 0 saturated carbocycles. The van der Waals surface area contributed by atoms with E-state index in [1.807, 2.05) is 24.3 Å². The molecule has 1 heteroatoms. The van der Waals surface area contributed by atoms with Gasteiger partial charge in [-0.05, 0) is 17.9 Å². The zero-order valence-corrected chi connectivity index (χ0v) is 9.37. The number of hydrogen-bond acceptors (Lipinski definition) is 1. The van der Waals surface area contributed by atoms with Crippen LogP contribution in [-0.4, -0.2) is 0 Å². The van der Waals surface area contributed by atoms with E-state index in [9.17, 15) is 0 Å². The fourth-order valence-corrected chi connectivity index (χ4v) is 1.37. The summed E-state index contributed by atoms with van der Waals surface area (Å²) in [6.45, 7) is 10.8. The van der Waals surface area contributed by atoms with E-state index < -0.39 is 0 Å². The van der Waals surface area contributed by atoms with Gasteiger partial charge < -0.3 is 5.32 Å². The first-order chi connectivity index (χ1) is 7.22. The van der Waals surface area contributed by atoms with E-state index in [0.717, 1.165) is 18.7 Å². The highest BCUT2D eigenvalue weighted by atomic mass is 14.9. The van der Waals surface area contributed by atoms with E-state index >= 15 is 0 Å². The Balaban J connectivity index is 2.31. The van der Waals surface area contributed by atoms with Crippen LogP contribution in [0.15, 0.2) is 55.3 Å². The molecule has 1 unspecified atom stereocenters. The number of benzene rings is 1. The SMILES string of the molecule is C=CC(C)CC(=C)NCc1ccccc1. The van der Waals surface area contributed by atoms with Crippen LogP contribution in [0.5, 0.6) is 0 Å². The lowest BCUT2D eigenvalue weighted by Crippen LogP contribution is -2.13. The van der Waals surface area contributed by atoms with Gasteiger partial charge in [-0.2, -0.15) is 0 Å². The van der Waals surface area contributed by atoms with Crippen molar-refractivity contribution in [3.63, 3.8) is 0 Å². The maximum absolute atomic E-state index is 4.00. The van der Waals surface area contributed by atoms with Crippen LogP contribution in [0.25, 0.3) is 0 Å². The second kappa shape index (κ2) is 6.07. The monoisotopic (exact) mass is 201 g/mol. The van der Waals surface area contributed by atoms with E-state index in [2.05, 4.69) is 37.5 Å². The van der Waals surface area contributed by atoms with Crippen molar-refractivity contribution in [3.05, 3.63) is 60.8 Å². The third-order valence-corrected chi connectivity index (χ3v) is 2.36. The smallest absolute Gasteiger partial charge is 0.0397 e. The molecule has 1 atom stereocenters. The first-order valence-electron chi connectivity index (χ1n) is 5.30. The van der Waals surface area contributed by atoms with Crippen LogP contribution in [0.3, 0.4) is 0 Å². The molecule has 0 aliphatic heterocycles. The summed E-state index contributed by atoms with van der Waals surface area (Å²) in [5.41, 5.74) is 2.36. The van der Waals surface area contributed by atoms with Crippen LogP contribution in [0.1, 0.15) is 18.9 Å². The third kappa shape index (κ3) is 4.50. The van der Waals surface area contributed by atoms with Gasteiger partial charge in [-0.1, -0.05) is 49.9 Å². The molecule has 0 saturated heterocycles. The molecule has 80 valence electrons. The predicted octanol–water partition coefficient (Wildman–Crippen LogP) is 3.50. The van der Waals surface area contributed by atoms with Gasteiger partial charge in [0.2, 0.25) is 0 Å². The molecular weight excluding hydrogens is 182 g/mol. The van der Waals surface area contributed by atoms with Crippen LogP contribution >= 0.6 is 0 Å². The minimum Gasteiger partial charge on any atom is -0.385 e. The first-order valence-corrected chi connectivity index (χ1v) is 5.30. The molecule has 1 rings (SSSR count). The van der Waals surface area contributed by atoms with Gasteiger partial charge in [0.15, 0.2) is 0 Å². The number of rotatable bonds is 6. The topological polar surface area (TPSA) is 12.0 Å². The molecule has 0 amide bonds. The van der Waals surface area contributed by atoms with E-state index in [1.165, 1.54) is 5.56 Å². The van der Waals surface area contributed by atoms with Crippen molar-refractivity contribution in [3.8, 4) is 0 Å². The molecule has 15 heavy (non-hydrogen) atoms. The summed E-state index contributed by atoms with van der Waals surface area (Å²) < 4.78 is 0. The molecule has 0 aliphatic carbocycles. The Labute approximate surface area is 92.5 Å². The summed E-state index contributed by atoms with van der Waals surface area (Å²) in [6, 6.07) is 10.3. The fraction of sp³-hybridized carbons (Fsp3) is 0.286. The van der Waals surface area contributed by atoms with Crippen molar-refractivity contribution in [2.75, 3.05) is 0 Å². The molecule has 0 aromatic heterocycles.